The van der Waals surface area contributed by atoms with Crippen molar-refractivity contribution >= 4 is 5.91 Å². The van der Waals surface area contributed by atoms with E-state index in [4.69, 9.17) is 0 Å². The van der Waals surface area contributed by atoms with Gasteiger partial charge in [0.2, 0.25) is 5.91 Å². The topological polar surface area (TPSA) is 20.3 Å². The summed E-state index contributed by atoms with van der Waals surface area (Å²) in [5, 5.41) is 0. The monoisotopic (exact) mass is 251 g/mol. The molecule has 0 N–H and O–H groups in total. The largest absolute Gasteiger partial charge is 0.319 e. The summed E-state index contributed by atoms with van der Waals surface area (Å²) in [7, 11) is 0. The highest BCUT2D eigenvalue weighted by atomic mass is 16.2. The zero-order valence-corrected chi connectivity index (χ0v) is 12.4. The smallest absolute Gasteiger partial charge is 0.226 e. The summed E-state index contributed by atoms with van der Waals surface area (Å²) in [6, 6.07) is 0. The number of likely N-dealkylation sites (tertiary alicyclic amines) is 1. The highest BCUT2D eigenvalue weighted by molar-refractivity contribution is 5.77. The Morgan fingerprint density at radius 2 is 2.17 bits per heavy atom. The maximum absolute atomic E-state index is 11.8. The van der Waals surface area contributed by atoms with Crippen LogP contribution in [-0.4, -0.2) is 17.4 Å². The Morgan fingerprint density at radius 1 is 1.44 bits per heavy atom. The number of carbonyl (C=O) groups is 1. The standard InChI is InChI=1S/C16H29NO/c1-5-7-8-12-16(3,4)14-10-9-11-15(18)17(6-2)13-14/h6,14H,2,5,7-13H2,1,3-4H3. The van der Waals surface area contributed by atoms with E-state index in [1.165, 1.54) is 32.1 Å². The minimum Gasteiger partial charge on any atom is -0.319 e. The second-order valence-electron chi connectivity index (χ2n) is 6.26. The van der Waals surface area contributed by atoms with Gasteiger partial charge in [0.1, 0.15) is 0 Å². The number of nitrogens with zero attached hydrogens (tertiary/aromatic N) is 1. The number of hydrogen-bond donors (Lipinski definition) is 0. The SMILES string of the molecule is C=CN1CC(C(C)(C)CCCCC)CCCC1=O. The molecule has 18 heavy (non-hydrogen) atoms. The van der Waals surface area contributed by atoms with Crippen molar-refractivity contribution in [3.8, 4) is 0 Å². The number of rotatable bonds is 6. The number of unbranched alkanes of at least 4 members (excludes halogenated alkanes) is 2. The van der Waals surface area contributed by atoms with E-state index >= 15 is 0 Å². The first-order valence-corrected chi connectivity index (χ1v) is 7.43. The van der Waals surface area contributed by atoms with Gasteiger partial charge in [-0.05, 0) is 36.8 Å². The molecule has 0 bridgehead atoms. The lowest BCUT2D eigenvalue weighted by atomic mass is 9.73. The molecule has 1 atom stereocenters. The predicted octanol–water partition coefficient (Wildman–Crippen LogP) is 4.37. The van der Waals surface area contributed by atoms with Crippen molar-refractivity contribution in [1.29, 1.82) is 0 Å². The van der Waals surface area contributed by atoms with Crippen LogP contribution in [0.4, 0.5) is 0 Å². The van der Waals surface area contributed by atoms with Gasteiger partial charge in [-0.3, -0.25) is 4.79 Å². The summed E-state index contributed by atoms with van der Waals surface area (Å²) < 4.78 is 0. The van der Waals surface area contributed by atoms with Crippen LogP contribution >= 0.6 is 0 Å². The molecule has 1 unspecified atom stereocenters. The molecule has 1 aliphatic rings. The van der Waals surface area contributed by atoms with Gasteiger partial charge in [-0.15, -0.1) is 0 Å². The Kier molecular flexibility index (Phi) is 5.90. The molecule has 1 fully saturated rings. The molecule has 0 aromatic rings. The molecule has 1 amide bonds. The van der Waals surface area contributed by atoms with E-state index in [-0.39, 0.29) is 5.91 Å². The zero-order valence-electron chi connectivity index (χ0n) is 12.4. The summed E-state index contributed by atoms with van der Waals surface area (Å²) >= 11 is 0. The molecule has 1 rings (SSSR count). The molecule has 104 valence electrons. The fourth-order valence-electron chi connectivity index (χ4n) is 2.92. The van der Waals surface area contributed by atoms with Gasteiger partial charge in [0.05, 0.1) is 0 Å². The average Bonchev–Trinajstić information content (AvgIpc) is 2.51. The van der Waals surface area contributed by atoms with Crippen molar-refractivity contribution in [2.45, 2.75) is 65.7 Å². The summed E-state index contributed by atoms with van der Waals surface area (Å²) in [6.45, 7) is 11.6. The first-order valence-electron chi connectivity index (χ1n) is 7.43. The number of carbonyl (C=O) groups excluding carboxylic acids is 1. The quantitative estimate of drug-likeness (QED) is 0.642. The van der Waals surface area contributed by atoms with Crippen LogP contribution in [-0.2, 0) is 4.79 Å². The minimum atomic E-state index is 0.247. The van der Waals surface area contributed by atoms with Crippen LogP contribution in [0.1, 0.15) is 65.7 Å². The van der Waals surface area contributed by atoms with Crippen molar-refractivity contribution < 1.29 is 4.79 Å². The van der Waals surface area contributed by atoms with E-state index in [0.29, 0.717) is 17.8 Å². The molecule has 0 aromatic heterocycles. The highest BCUT2D eigenvalue weighted by Gasteiger charge is 2.32. The van der Waals surface area contributed by atoms with E-state index < -0.39 is 0 Å². The van der Waals surface area contributed by atoms with Crippen LogP contribution in [0, 0.1) is 11.3 Å². The first-order chi connectivity index (χ1) is 8.51. The third-order valence-corrected chi connectivity index (χ3v) is 4.43. The zero-order chi connectivity index (χ0) is 13.6. The van der Waals surface area contributed by atoms with Gasteiger partial charge >= 0.3 is 0 Å². The van der Waals surface area contributed by atoms with E-state index in [1.54, 1.807) is 6.20 Å². The second kappa shape index (κ2) is 6.96. The van der Waals surface area contributed by atoms with Gasteiger partial charge in [-0.1, -0.05) is 46.6 Å². The van der Waals surface area contributed by atoms with Crippen molar-refractivity contribution in [1.82, 2.24) is 4.90 Å². The molecular formula is C16H29NO. The van der Waals surface area contributed by atoms with Gasteiger partial charge in [0, 0.05) is 13.0 Å². The van der Waals surface area contributed by atoms with Crippen LogP contribution in [0.2, 0.25) is 0 Å². The van der Waals surface area contributed by atoms with Crippen molar-refractivity contribution in [3.05, 3.63) is 12.8 Å². The molecule has 0 saturated carbocycles. The summed E-state index contributed by atoms with van der Waals surface area (Å²) in [4.78, 5) is 13.7. The molecule has 1 saturated heterocycles. The predicted molar refractivity (Wildman–Crippen MR) is 77.2 cm³/mol. The van der Waals surface area contributed by atoms with Crippen LogP contribution in [0.5, 0.6) is 0 Å². The number of amides is 1. The van der Waals surface area contributed by atoms with Gasteiger partial charge < -0.3 is 4.90 Å². The van der Waals surface area contributed by atoms with E-state index in [1.807, 2.05) is 4.90 Å². The lowest BCUT2D eigenvalue weighted by Gasteiger charge is -2.35. The van der Waals surface area contributed by atoms with Crippen LogP contribution in [0.15, 0.2) is 12.8 Å². The van der Waals surface area contributed by atoms with Crippen molar-refractivity contribution in [2.24, 2.45) is 11.3 Å². The Hall–Kier alpha value is -0.790. The average molecular weight is 251 g/mol. The van der Waals surface area contributed by atoms with Gasteiger partial charge in [0.25, 0.3) is 0 Å². The molecule has 0 radical (unpaired) electrons. The van der Waals surface area contributed by atoms with Gasteiger partial charge in [-0.25, -0.2) is 0 Å². The van der Waals surface area contributed by atoms with E-state index in [0.717, 1.165) is 13.0 Å². The molecule has 0 aromatic carbocycles. The van der Waals surface area contributed by atoms with Gasteiger partial charge in [0.15, 0.2) is 0 Å². The fourth-order valence-corrected chi connectivity index (χ4v) is 2.92. The van der Waals surface area contributed by atoms with Crippen molar-refractivity contribution in [3.63, 3.8) is 0 Å². The molecular weight excluding hydrogens is 222 g/mol. The molecule has 1 aliphatic heterocycles. The Morgan fingerprint density at radius 3 is 2.78 bits per heavy atom. The van der Waals surface area contributed by atoms with E-state index in [2.05, 4.69) is 27.4 Å². The normalized spacial score (nSPS) is 21.8. The Labute approximate surface area is 112 Å². The minimum absolute atomic E-state index is 0.247. The molecule has 2 heteroatoms. The summed E-state index contributed by atoms with van der Waals surface area (Å²) in [5.41, 5.74) is 0.334. The second-order valence-corrected chi connectivity index (χ2v) is 6.26. The Bertz CT molecular complexity index is 283. The lowest BCUT2D eigenvalue weighted by Crippen LogP contribution is -2.34. The third kappa shape index (κ3) is 4.15. The van der Waals surface area contributed by atoms with Crippen LogP contribution in [0.25, 0.3) is 0 Å². The first kappa shape index (κ1) is 15.3. The number of hydrogen-bond acceptors (Lipinski definition) is 1. The molecule has 0 spiro atoms. The molecule has 2 nitrogen and oxygen atoms in total. The maximum atomic E-state index is 11.8. The van der Waals surface area contributed by atoms with Crippen LogP contribution < -0.4 is 0 Å². The summed E-state index contributed by atoms with van der Waals surface area (Å²) in [6.07, 6.45) is 9.78. The lowest BCUT2D eigenvalue weighted by molar-refractivity contribution is -0.128. The molecule has 1 heterocycles. The summed E-state index contributed by atoms with van der Waals surface area (Å²) in [5.74, 6) is 0.857. The fraction of sp³-hybridized carbons (Fsp3) is 0.812. The molecule has 0 aliphatic carbocycles. The third-order valence-electron chi connectivity index (χ3n) is 4.43. The van der Waals surface area contributed by atoms with Gasteiger partial charge in [-0.2, -0.15) is 0 Å². The van der Waals surface area contributed by atoms with Crippen LogP contribution in [0.3, 0.4) is 0 Å². The Balaban J connectivity index is 2.62. The maximum Gasteiger partial charge on any atom is 0.226 e. The van der Waals surface area contributed by atoms with Crippen molar-refractivity contribution in [2.75, 3.05) is 6.54 Å². The highest BCUT2D eigenvalue weighted by Crippen LogP contribution is 2.38. The van der Waals surface area contributed by atoms with E-state index in [9.17, 15) is 4.79 Å².